The second-order valence-corrected chi connectivity index (χ2v) is 8.15. The van der Waals surface area contributed by atoms with E-state index in [9.17, 15) is 13.2 Å². The first-order valence-corrected chi connectivity index (χ1v) is 9.76. The van der Waals surface area contributed by atoms with Crippen molar-refractivity contribution < 1.29 is 32.2 Å². The van der Waals surface area contributed by atoms with E-state index in [2.05, 4.69) is 0 Å². The molecule has 3 heterocycles. The van der Waals surface area contributed by atoms with Crippen LogP contribution in [0, 0.1) is 0 Å². The Bertz CT molecular complexity index is 862. The van der Waals surface area contributed by atoms with Crippen LogP contribution in [0.2, 0.25) is 0 Å². The first-order chi connectivity index (χ1) is 12.5. The number of morpholine rings is 1. The third-order valence-corrected chi connectivity index (χ3v) is 6.85. The topological polar surface area (TPSA) is 94.6 Å². The summed E-state index contributed by atoms with van der Waals surface area (Å²) in [5.41, 5.74) is 0.665. The molecule has 9 nitrogen and oxygen atoms in total. The second kappa shape index (κ2) is 6.29. The fourth-order valence-corrected chi connectivity index (χ4v) is 5.33. The van der Waals surface area contributed by atoms with E-state index in [1.165, 1.54) is 16.3 Å². The zero-order valence-electron chi connectivity index (χ0n) is 14.6. The summed E-state index contributed by atoms with van der Waals surface area (Å²) in [5.74, 6) is 0.232. The average molecular weight is 384 g/mol. The molecule has 0 unspecified atom stereocenters. The molecule has 0 saturated carbocycles. The van der Waals surface area contributed by atoms with Crippen LogP contribution >= 0.6 is 0 Å². The molecule has 10 heteroatoms. The van der Waals surface area contributed by atoms with Crippen LogP contribution in [-0.2, 0) is 21.2 Å². The molecule has 1 fully saturated rings. The Morgan fingerprint density at radius 2 is 1.77 bits per heavy atom. The van der Waals surface area contributed by atoms with Crippen LogP contribution in [-0.4, -0.2) is 77.3 Å². The molecule has 26 heavy (non-hydrogen) atoms. The Morgan fingerprint density at radius 1 is 1.08 bits per heavy atom. The van der Waals surface area contributed by atoms with Crippen LogP contribution in [0.5, 0.6) is 17.2 Å². The number of likely N-dealkylation sites (N-methyl/N-ethyl adjacent to an activating group) is 1. The van der Waals surface area contributed by atoms with Gasteiger partial charge in [0.2, 0.25) is 22.6 Å². The largest absolute Gasteiger partial charge is 0.492 e. The number of rotatable bonds is 3. The van der Waals surface area contributed by atoms with Gasteiger partial charge in [0.25, 0.3) is 5.91 Å². The Balaban J connectivity index is 1.98. The van der Waals surface area contributed by atoms with E-state index in [1.54, 1.807) is 7.05 Å². The van der Waals surface area contributed by atoms with Gasteiger partial charge < -0.3 is 23.8 Å². The normalized spacial score (nSPS) is 20.2. The Kier molecular flexibility index (Phi) is 4.20. The van der Waals surface area contributed by atoms with E-state index in [4.69, 9.17) is 18.9 Å². The number of nitrogens with zero attached hydrogens (tertiary/aromatic N) is 2. The summed E-state index contributed by atoms with van der Waals surface area (Å²) >= 11 is 0. The smallest absolute Gasteiger partial charge is 0.257 e. The summed E-state index contributed by atoms with van der Waals surface area (Å²) in [5, 5.41) is 0. The van der Waals surface area contributed by atoms with Crippen LogP contribution in [0.25, 0.3) is 0 Å². The number of carbonyl (C=O) groups is 1. The number of fused-ring (bicyclic) bond motifs is 2. The minimum absolute atomic E-state index is 0.0177. The number of sulfonamides is 1. The van der Waals surface area contributed by atoms with Gasteiger partial charge in [-0.3, -0.25) is 4.79 Å². The molecule has 3 aliphatic rings. The average Bonchev–Trinajstić information content (AvgIpc) is 3.12. The highest BCUT2D eigenvalue weighted by atomic mass is 32.2. The molecule has 0 radical (unpaired) electrons. The van der Waals surface area contributed by atoms with Crippen molar-refractivity contribution >= 4 is 15.9 Å². The van der Waals surface area contributed by atoms with E-state index in [1.807, 2.05) is 0 Å². The van der Waals surface area contributed by atoms with Gasteiger partial charge in [0, 0.05) is 26.7 Å². The van der Waals surface area contributed by atoms with Gasteiger partial charge >= 0.3 is 0 Å². The maximum Gasteiger partial charge on any atom is 0.257 e. The van der Waals surface area contributed by atoms with E-state index >= 15 is 0 Å². The van der Waals surface area contributed by atoms with Crippen LogP contribution in [0.15, 0.2) is 4.90 Å². The van der Waals surface area contributed by atoms with Crippen molar-refractivity contribution in [3.8, 4) is 17.2 Å². The highest BCUT2D eigenvalue weighted by Gasteiger charge is 2.42. The predicted molar refractivity (Wildman–Crippen MR) is 89.4 cm³/mol. The van der Waals surface area contributed by atoms with Crippen molar-refractivity contribution in [2.75, 3.05) is 53.8 Å². The summed E-state index contributed by atoms with van der Waals surface area (Å²) in [6.45, 7) is 1.47. The number of amides is 1. The fourth-order valence-electron chi connectivity index (χ4n) is 3.54. The number of methoxy groups -OCH3 is 1. The number of benzene rings is 1. The van der Waals surface area contributed by atoms with Gasteiger partial charge in [-0.15, -0.1) is 0 Å². The summed E-state index contributed by atoms with van der Waals surface area (Å²) < 4.78 is 49.8. The minimum atomic E-state index is -3.87. The van der Waals surface area contributed by atoms with Crippen molar-refractivity contribution in [2.45, 2.75) is 11.3 Å². The SMILES string of the molecule is COc1c2c(c(S(=O)(=O)N3CCOCC3)c3c1C(=O)N(C)CC3)OCO2. The highest BCUT2D eigenvalue weighted by Crippen LogP contribution is 2.51. The van der Waals surface area contributed by atoms with Crippen LogP contribution in [0.1, 0.15) is 15.9 Å². The molecule has 0 atom stereocenters. The lowest BCUT2D eigenvalue weighted by molar-refractivity contribution is 0.0727. The second-order valence-electron chi connectivity index (χ2n) is 6.27. The fraction of sp³-hybridized carbons (Fsp3) is 0.562. The lowest BCUT2D eigenvalue weighted by atomic mass is 9.97. The van der Waals surface area contributed by atoms with E-state index in [0.717, 1.165) is 0 Å². The Hall–Kier alpha value is -2.04. The molecule has 1 aromatic carbocycles. The van der Waals surface area contributed by atoms with Gasteiger partial charge in [0.15, 0.2) is 11.5 Å². The van der Waals surface area contributed by atoms with E-state index in [-0.39, 0.29) is 53.5 Å². The van der Waals surface area contributed by atoms with Crippen molar-refractivity contribution in [1.82, 2.24) is 9.21 Å². The zero-order chi connectivity index (χ0) is 18.5. The number of carbonyl (C=O) groups excluding carboxylic acids is 1. The van der Waals surface area contributed by atoms with Crippen molar-refractivity contribution in [3.05, 3.63) is 11.1 Å². The standard InChI is InChI=1S/C16H20N2O7S/c1-17-4-3-10-11(16(17)19)12(22-2)13-14(25-9-24-13)15(10)26(20,21)18-5-7-23-8-6-18/h3-9H2,1-2H3. The molecular weight excluding hydrogens is 364 g/mol. The molecule has 3 aliphatic heterocycles. The minimum Gasteiger partial charge on any atom is -0.492 e. The van der Waals surface area contributed by atoms with Gasteiger partial charge in [-0.1, -0.05) is 0 Å². The first kappa shape index (κ1) is 17.4. The predicted octanol–water partition coefficient (Wildman–Crippen LogP) is 0.0729. The third kappa shape index (κ3) is 2.43. The summed E-state index contributed by atoms with van der Waals surface area (Å²) in [4.78, 5) is 14.3. The molecule has 1 saturated heterocycles. The molecule has 4 rings (SSSR count). The summed E-state index contributed by atoms with van der Waals surface area (Å²) in [7, 11) is -0.774. The molecule has 0 N–H and O–H groups in total. The lowest BCUT2D eigenvalue weighted by Gasteiger charge is -2.31. The van der Waals surface area contributed by atoms with Crippen LogP contribution in [0.4, 0.5) is 0 Å². The van der Waals surface area contributed by atoms with Gasteiger partial charge in [0.1, 0.15) is 4.90 Å². The lowest BCUT2D eigenvalue weighted by Crippen LogP contribution is -2.42. The maximum atomic E-state index is 13.4. The van der Waals surface area contributed by atoms with E-state index < -0.39 is 10.0 Å². The van der Waals surface area contributed by atoms with Crippen molar-refractivity contribution in [1.29, 1.82) is 0 Å². The molecule has 142 valence electrons. The van der Waals surface area contributed by atoms with Crippen molar-refractivity contribution in [3.63, 3.8) is 0 Å². The first-order valence-electron chi connectivity index (χ1n) is 8.32. The molecular formula is C16H20N2O7S. The van der Waals surface area contributed by atoms with Gasteiger partial charge in [-0.05, 0) is 12.0 Å². The maximum absolute atomic E-state index is 13.4. The van der Waals surface area contributed by atoms with Crippen LogP contribution in [0.3, 0.4) is 0 Å². The molecule has 1 amide bonds. The monoisotopic (exact) mass is 384 g/mol. The quantitative estimate of drug-likeness (QED) is 0.728. The zero-order valence-corrected chi connectivity index (χ0v) is 15.4. The third-order valence-electron chi connectivity index (χ3n) is 4.86. The van der Waals surface area contributed by atoms with E-state index in [0.29, 0.717) is 31.7 Å². The number of hydrogen-bond acceptors (Lipinski definition) is 7. The number of hydrogen-bond donors (Lipinski definition) is 0. The Labute approximate surface area is 151 Å². The molecule has 0 aliphatic carbocycles. The van der Waals surface area contributed by atoms with Gasteiger partial charge in [-0.2, -0.15) is 4.31 Å². The highest BCUT2D eigenvalue weighted by molar-refractivity contribution is 7.89. The summed E-state index contributed by atoms with van der Waals surface area (Å²) in [6.07, 6.45) is 0.392. The molecule has 0 aromatic heterocycles. The van der Waals surface area contributed by atoms with Crippen molar-refractivity contribution in [2.24, 2.45) is 0 Å². The Morgan fingerprint density at radius 3 is 2.46 bits per heavy atom. The summed E-state index contributed by atoms with van der Waals surface area (Å²) in [6, 6.07) is 0. The van der Waals surface area contributed by atoms with Crippen LogP contribution < -0.4 is 14.2 Å². The van der Waals surface area contributed by atoms with Gasteiger partial charge in [0.05, 0.1) is 25.9 Å². The molecule has 0 spiro atoms. The number of ether oxygens (including phenoxy) is 4. The van der Waals surface area contributed by atoms with Gasteiger partial charge in [-0.25, -0.2) is 8.42 Å². The molecule has 0 bridgehead atoms. The molecule has 1 aromatic rings.